The van der Waals surface area contributed by atoms with Gasteiger partial charge in [-0.1, -0.05) is 42.5 Å². The molecule has 0 unspecified atom stereocenters. The van der Waals surface area contributed by atoms with Crippen molar-refractivity contribution < 1.29 is 13.9 Å². The zero-order valence-corrected chi connectivity index (χ0v) is 15.9. The van der Waals surface area contributed by atoms with E-state index in [9.17, 15) is 9.18 Å². The van der Waals surface area contributed by atoms with Gasteiger partial charge in [-0.15, -0.1) is 0 Å². The molecule has 1 aromatic heterocycles. The maximum atomic E-state index is 13.6. The second kappa shape index (κ2) is 8.68. The van der Waals surface area contributed by atoms with Crippen molar-refractivity contribution in [3.05, 3.63) is 72.8 Å². The van der Waals surface area contributed by atoms with Crippen LogP contribution in [-0.4, -0.2) is 53.6 Å². The Hall–Kier alpha value is -3.48. The molecule has 6 nitrogen and oxygen atoms in total. The Morgan fingerprint density at radius 1 is 0.966 bits per heavy atom. The van der Waals surface area contributed by atoms with Gasteiger partial charge in [0.15, 0.2) is 18.2 Å². The smallest absolute Gasteiger partial charge is 0.260 e. The molecule has 1 aliphatic heterocycles. The Morgan fingerprint density at radius 3 is 2.45 bits per heavy atom. The molecule has 2 aromatic carbocycles. The fourth-order valence-corrected chi connectivity index (χ4v) is 3.26. The van der Waals surface area contributed by atoms with Gasteiger partial charge in [0.05, 0.1) is 5.69 Å². The standard InChI is InChI=1S/C22H21FN4O2/c23-18-8-4-5-9-20(18)29-15-22(28)27-12-10-26(11-13-27)21-14-19(24-16-25-21)17-6-2-1-3-7-17/h1-9,14,16H,10-13,15H2. The molecule has 0 aliphatic carbocycles. The highest BCUT2D eigenvalue weighted by molar-refractivity contribution is 5.78. The zero-order chi connectivity index (χ0) is 20.1. The second-order valence-corrected chi connectivity index (χ2v) is 6.71. The van der Waals surface area contributed by atoms with Crippen molar-refractivity contribution in [1.29, 1.82) is 0 Å². The third-order valence-electron chi connectivity index (χ3n) is 4.87. The molecule has 0 atom stereocenters. The summed E-state index contributed by atoms with van der Waals surface area (Å²) in [5.74, 6) is 0.311. The molecule has 0 N–H and O–H groups in total. The van der Waals surface area contributed by atoms with Crippen LogP contribution in [0.2, 0.25) is 0 Å². The molecule has 1 fully saturated rings. The molecule has 0 spiro atoms. The predicted octanol–water partition coefficient (Wildman–Crippen LogP) is 3.01. The van der Waals surface area contributed by atoms with Crippen molar-refractivity contribution in [2.75, 3.05) is 37.7 Å². The third-order valence-corrected chi connectivity index (χ3v) is 4.87. The predicted molar refractivity (Wildman–Crippen MR) is 108 cm³/mol. The van der Waals surface area contributed by atoms with E-state index in [0.29, 0.717) is 26.2 Å². The van der Waals surface area contributed by atoms with Gasteiger partial charge in [0.1, 0.15) is 12.1 Å². The molecule has 7 heteroatoms. The van der Waals surface area contributed by atoms with Crippen LogP contribution >= 0.6 is 0 Å². The Morgan fingerprint density at radius 2 is 1.69 bits per heavy atom. The Balaban J connectivity index is 1.34. The van der Waals surface area contributed by atoms with Gasteiger partial charge in [-0.3, -0.25) is 4.79 Å². The SMILES string of the molecule is O=C(COc1ccccc1F)N1CCN(c2cc(-c3ccccc3)ncn2)CC1. The fraction of sp³-hybridized carbons (Fsp3) is 0.227. The number of carbonyl (C=O) groups excluding carboxylic acids is 1. The van der Waals surface area contributed by atoms with Crippen LogP contribution in [0.15, 0.2) is 67.0 Å². The van der Waals surface area contributed by atoms with Gasteiger partial charge in [-0.05, 0) is 12.1 Å². The molecule has 0 radical (unpaired) electrons. The van der Waals surface area contributed by atoms with Crippen LogP contribution < -0.4 is 9.64 Å². The third kappa shape index (κ3) is 4.51. The number of hydrogen-bond donors (Lipinski definition) is 0. The highest BCUT2D eigenvalue weighted by atomic mass is 19.1. The number of anilines is 1. The van der Waals surface area contributed by atoms with Crippen molar-refractivity contribution in [1.82, 2.24) is 14.9 Å². The number of halogens is 1. The van der Waals surface area contributed by atoms with Crippen molar-refractivity contribution in [2.24, 2.45) is 0 Å². The van der Waals surface area contributed by atoms with Crippen LogP contribution in [0.4, 0.5) is 10.2 Å². The quantitative estimate of drug-likeness (QED) is 0.668. The molecule has 2 heterocycles. The molecule has 148 valence electrons. The highest BCUT2D eigenvalue weighted by Crippen LogP contribution is 2.21. The summed E-state index contributed by atoms with van der Waals surface area (Å²) < 4.78 is 18.9. The van der Waals surface area contributed by atoms with Gasteiger partial charge < -0.3 is 14.5 Å². The molecule has 29 heavy (non-hydrogen) atoms. The Labute approximate surface area is 168 Å². The van der Waals surface area contributed by atoms with Crippen LogP contribution in [-0.2, 0) is 4.79 Å². The number of hydrogen-bond acceptors (Lipinski definition) is 5. The van der Waals surface area contributed by atoms with E-state index in [1.807, 2.05) is 36.4 Å². The van der Waals surface area contributed by atoms with Crippen LogP contribution in [0.1, 0.15) is 0 Å². The average Bonchev–Trinajstić information content (AvgIpc) is 2.79. The monoisotopic (exact) mass is 392 g/mol. The first kappa shape index (κ1) is 18.9. The molecular weight excluding hydrogens is 371 g/mol. The maximum absolute atomic E-state index is 13.6. The first-order chi connectivity index (χ1) is 14.2. The summed E-state index contributed by atoms with van der Waals surface area (Å²) in [6.45, 7) is 2.27. The molecule has 1 amide bonds. The average molecular weight is 392 g/mol. The molecule has 4 rings (SSSR count). The number of carbonyl (C=O) groups is 1. The van der Waals surface area contributed by atoms with Crippen molar-refractivity contribution in [3.63, 3.8) is 0 Å². The molecule has 0 bridgehead atoms. The Bertz CT molecular complexity index is 975. The van der Waals surface area contributed by atoms with Crippen LogP contribution in [0.25, 0.3) is 11.3 Å². The number of ether oxygens (including phenoxy) is 1. The molecule has 1 aliphatic rings. The lowest BCUT2D eigenvalue weighted by molar-refractivity contribution is -0.133. The summed E-state index contributed by atoms with van der Waals surface area (Å²) in [6, 6.07) is 18.0. The minimum atomic E-state index is -0.469. The number of amides is 1. The van der Waals surface area contributed by atoms with Gasteiger partial charge in [0.2, 0.25) is 0 Å². The summed E-state index contributed by atoms with van der Waals surface area (Å²) >= 11 is 0. The van der Waals surface area contributed by atoms with E-state index >= 15 is 0 Å². The largest absolute Gasteiger partial charge is 0.481 e. The second-order valence-electron chi connectivity index (χ2n) is 6.71. The summed E-state index contributed by atoms with van der Waals surface area (Å²) in [7, 11) is 0. The fourth-order valence-electron chi connectivity index (χ4n) is 3.26. The van der Waals surface area contributed by atoms with E-state index in [1.165, 1.54) is 12.1 Å². The van der Waals surface area contributed by atoms with Crippen LogP contribution in [0, 0.1) is 5.82 Å². The topological polar surface area (TPSA) is 58.6 Å². The highest BCUT2D eigenvalue weighted by Gasteiger charge is 2.22. The number of para-hydroxylation sites is 1. The number of benzene rings is 2. The molecule has 3 aromatic rings. The van der Waals surface area contributed by atoms with Gasteiger partial charge in [-0.25, -0.2) is 14.4 Å². The first-order valence-corrected chi connectivity index (χ1v) is 9.48. The first-order valence-electron chi connectivity index (χ1n) is 9.48. The number of piperazine rings is 1. The molecular formula is C22H21FN4O2. The summed E-state index contributed by atoms with van der Waals surface area (Å²) in [4.78, 5) is 25.0. The van der Waals surface area contributed by atoms with Gasteiger partial charge >= 0.3 is 0 Å². The lowest BCUT2D eigenvalue weighted by atomic mass is 10.1. The van der Waals surface area contributed by atoms with Gasteiger partial charge in [-0.2, -0.15) is 0 Å². The summed E-state index contributed by atoms with van der Waals surface area (Å²) in [5.41, 5.74) is 1.91. The van der Waals surface area contributed by atoms with Crippen molar-refractivity contribution in [3.8, 4) is 17.0 Å². The van der Waals surface area contributed by atoms with Gasteiger partial charge in [0.25, 0.3) is 5.91 Å². The van der Waals surface area contributed by atoms with Crippen molar-refractivity contribution >= 4 is 11.7 Å². The minimum absolute atomic E-state index is 0.0916. The number of rotatable bonds is 5. The lowest BCUT2D eigenvalue weighted by Crippen LogP contribution is -2.50. The number of aromatic nitrogens is 2. The summed E-state index contributed by atoms with van der Waals surface area (Å²) in [6.07, 6.45) is 1.57. The van der Waals surface area contributed by atoms with E-state index in [2.05, 4.69) is 14.9 Å². The maximum Gasteiger partial charge on any atom is 0.260 e. The van der Waals surface area contributed by atoms with E-state index in [0.717, 1.165) is 17.1 Å². The van der Waals surface area contributed by atoms with Gasteiger partial charge in [0, 0.05) is 37.8 Å². The van der Waals surface area contributed by atoms with E-state index < -0.39 is 5.82 Å². The Kier molecular flexibility index (Phi) is 5.65. The van der Waals surface area contributed by atoms with Crippen molar-refractivity contribution in [2.45, 2.75) is 0 Å². The lowest BCUT2D eigenvalue weighted by Gasteiger charge is -2.35. The van der Waals surface area contributed by atoms with E-state index in [1.54, 1.807) is 23.4 Å². The molecule has 0 saturated carbocycles. The zero-order valence-electron chi connectivity index (χ0n) is 15.9. The van der Waals surface area contributed by atoms with Crippen LogP contribution in [0.3, 0.4) is 0 Å². The minimum Gasteiger partial charge on any atom is -0.481 e. The normalized spacial score (nSPS) is 14.0. The van der Waals surface area contributed by atoms with Crippen LogP contribution in [0.5, 0.6) is 5.75 Å². The van der Waals surface area contributed by atoms with E-state index in [-0.39, 0.29) is 18.3 Å². The van der Waals surface area contributed by atoms with E-state index in [4.69, 9.17) is 4.74 Å². The molecule has 1 saturated heterocycles. The number of nitrogens with zero attached hydrogens (tertiary/aromatic N) is 4. The summed E-state index contributed by atoms with van der Waals surface area (Å²) in [5, 5.41) is 0.